The molecule has 0 bridgehead atoms. The van der Waals surface area contributed by atoms with Crippen molar-refractivity contribution >= 4 is 5.97 Å². The first-order chi connectivity index (χ1) is 11.6. The zero-order valence-electron chi connectivity index (χ0n) is 19.4. The van der Waals surface area contributed by atoms with E-state index in [0.29, 0.717) is 0 Å². The van der Waals surface area contributed by atoms with Crippen molar-refractivity contribution < 1.29 is 26.4 Å². The maximum Gasteiger partial charge on any atom is 0.335 e. The summed E-state index contributed by atoms with van der Waals surface area (Å²) in [7, 11) is 0. The predicted molar refractivity (Wildman–Crippen MR) is 52.1 cm³/mol. The van der Waals surface area contributed by atoms with Crippen LogP contribution in [0.2, 0.25) is 0 Å². The fraction of sp³-hybridized carbons (Fsp3) is 0.364. The molecule has 1 N–H and O–H groups in total. The standard InChI is InChI=1S/C11H14O2/c1-11(2,3)9-6-4-8(5-7-9)10(12)13/h4-7H,1-3H3,(H,12,13)/i1D2,2D3,3D3,4D,5D,6D,7D/hD. The van der Waals surface area contributed by atoms with Gasteiger partial charge in [-0.15, -0.1) is 0 Å². The van der Waals surface area contributed by atoms with Gasteiger partial charge in [-0.3, -0.25) is 0 Å². The van der Waals surface area contributed by atoms with Crippen molar-refractivity contribution in [2.45, 2.75) is 26.0 Å². The number of carboxylic acids is 1. The Balaban J connectivity index is 4.19. The molecule has 0 fully saturated rings. The number of hydrogen-bond acceptors (Lipinski definition) is 2. The molecule has 0 saturated carbocycles. The molecule has 1 aromatic rings. The monoisotopic (exact) mass is 191 g/mol. The molecule has 13 heavy (non-hydrogen) atoms. The Morgan fingerprint density at radius 2 is 2.23 bits per heavy atom. The van der Waals surface area contributed by atoms with Gasteiger partial charge in [0.2, 0.25) is 0 Å². The van der Waals surface area contributed by atoms with Crippen LogP contribution in [0.3, 0.4) is 0 Å². The summed E-state index contributed by atoms with van der Waals surface area (Å²) in [5.74, 6) is -1.56. The molecule has 0 saturated heterocycles. The lowest BCUT2D eigenvalue weighted by Gasteiger charge is -2.18. The first-order valence-electron chi connectivity index (χ1n) is 9.76. The first kappa shape index (κ1) is 2.19. The van der Waals surface area contributed by atoms with Gasteiger partial charge in [-0.25, -0.2) is 4.79 Å². The van der Waals surface area contributed by atoms with Gasteiger partial charge < -0.3 is 5.11 Å². The number of benzene rings is 1. The molecule has 1 rings (SSSR count). The number of carbonyl (C=O) groups is 1. The third-order valence-electron chi connectivity index (χ3n) is 1.22. The van der Waals surface area contributed by atoms with Crippen molar-refractivity contribution in [2.24, 2.45) is 0 Å². The molecule has 0 amide bonds. The first-order valence-corrected chi connectivity index (χ1v) is 3.20. The number of rotatable bonds is 1. The fourth-order valence-electron chi connectivity index (χ4n) is 0.612. The summed E-state index contributed by atoms with van der Waals surface area (Å²) in [6.07, 6.45) is 0. The predicted octanol–water partition coefficient (Wildman–Crippen LogP) is 2.68. The Morgan fingerprint density at radius 1 is 1.54 bits per heavy atom. The smallest absolute Gasteiger partial charge is 0.335 e. The molecule has 0 aromatic heterocycles. The summed E-state index contributed by atoms with van der Waals surface area (Å²) in [6.45, 7) is -9.77. The second kappa shape index (κ2) is 3.21. The van der Waals surface area contributed by atoms with E-state index >= 15 is 0 Å². The number of aromatic carboxylic acids is 1. The maximum atomic E-state index is 11.5. The average Bonchev–Trinajstić information content (AvgIpc) is 2.46. The highest BCUT2D eigenvalue weighted by atomic mass is 16.4. The Morgan fingerprint density at radius 3 is 2.69 bits per heavy atom. The number of carboxylic acid groups (broad SMARTS) is 1. The van der Waals surface area contributed by atoms with Crippen LogP contribution >= 0.6 is 0 Å². The molecule has 2 heteroatoms. The summed E-state index contributed by atoms with van der Waals surface area (Å²) in [5, 5.41) is 3.62. The van der Waals surface area contributed by atoms with Gasteiger partial charge in [-0.2, -0.15) is 0 Å². The molecular formula is C11H14O2. The fourth-order valence-corrected chi connectivity index (χ4v) is 0.612. The summed E-state index contributed by atoms with van der Waals surface area (Å²) in [6, 6.07) is -4.67. The topological polar surface area (TPSA) is 37.3 Å². The molecule has 0 unspecified atom stereocenters. The van der Waals surface area contributed by atoms with E-state index in [4.69, 9.17) is 17.9 Å². The highest BCUT2D eigenvalue weighted by Crippen LogP contribution is 2.21. The highest BCUT2D eigenvalue weighted by molar-refractivity contribution is 5.87. The van der Waals surface area contributed by atoms with Gasteiger partial charge in [0.25, 0.3) is 1.43 Å². The van der Waals surface area contributed by atoms with Crippen LogP contribution in [0.4, 0.5) is 0 Å². The number of hydrogen-bond donors (Lipinski definition) is 1. The van der Waals surface area contributed by atoms with Crippen molar-refractivity contribution in [1.82, 2.24) is 0 Å². The molecule has 0 heterocycles. The van der Waals surface area contributed by atoms with Crippen molar-refractivity contribution in [3.63, 3.8) is 0 Å². The molecular weight excluding hydrogens is 164 g/mol. The van der Waals surface area contributed by atoms with E-state index in [1.165, 1.54) is 0 Å². The molecule has 0 atom stereocenters. The van der Waals surface area contributed by atoms with Crippen LogP contribution in [0.25, 0.3) is 1.43 Å². The molecule has 1 aromatic carbocycles. The van der Waals surface area contributed by atoms with Crippen LogP contribution in [0, 0.1) is 0 Å². The lowest BCUT2D eigenvalue weighted by molar-refractivity contribution is 0.0697. The van der Waals surface area contributed by atoms with Gasteiger partial charge in [0.15, 0.2) is 0 Å². The van der Waals surface area contributed by atoms with E-state index in [0.717, 1.165) is 0 Å². The lowest BCUT2D eigenvalue weighted by Crippen LogP contribution is -2.11. The normalized spacial score (nSPS) is 27.6. The van der Waals surface area contributed by atoms with E-state index in [-0.39, 0.29) is 0 Å². The lowest BCUT2D eigenvalue weighted by atomic mass is 9.87. The van der Waals surface area contributed by atoms with E-state index in [1.807, 2.05) is 0 Å². The maximum absolute atomic E-state index is 11.5. The Bertz CT molecular complexity index is 675. The Hall–Kier alpha value is -1.31. The van der Waals surface area contributed by atoms with Gasteiger partial charge in [-0.1, -0.05) is 32.7 Å². The zero-order chi connectivity index (χ0) is 20.8. The van der Waals surface area contributed by atoms with Crippen molar-refractivity contribution in [1.29, 1.82) is 1.43 Å². The summed E-state index contributed by atoms with van der Waals surface area (Å²) < 4.78 is 98.6. The third kappa shape index (κ3) is 2.31. The molecule has 70 valence electrons. The summed E-state index contributed by atoms with van der Waals surface area (Å²) in [4.78, 5) is 11.5. The van der Waals surface area contributed by atoms with E-state index in [1.54, 1.807) is 0 Å². The van der Waals surface area contributed by atoms with E-state index in [2.05, 4.69) is 5.11 Å². The minimum absolute atomic E-state index is 0.991. The SMILES string of the molecule is [2H]OC(=O)c1c([2H])c([2H])c(C(C([2H])[2H])(C([2H])([2H])[2H])C([2H])([2H])[2H])c([2H])c1[2H]. The molecule has 0 radical (unpaired) electrons. The van der Waals surface area contributed by atoms with Crippen molar-refractivity contribution in [3.8, 4) is 0 Å². The van der Waals surface area contributed by atoms with Crippen LogP contribution in [-0.2, 0) is 5.41 Å². The Kier molecular flexibility index (Phi) is 0.541. The third-order valence-corrected chi connectivity index (χ3v) is 1.22. The largest absolute Gasteiger partial charge is 0.478 e. The van der Waals surface area contributed by atoms with E-state index < -0.39 is 67.3 Å². The minimum atomic E-state index is -3.58. The van der Waals surface area contributed by atoms with Crippen LogP contribution in [0.5, 0.6) is 0 Å². The van der Waals surface area contributed by atoms with Gasteiger partial charge in [0, 0.05) is 11.0 Å². The quantitative estimate of drug-likeness (QED) is 0.741. The van der Waals surface area contributed by atoms with Crippen LogP contribution in [-0.4, -0.2) is 11.1 Å². The van der Waals surface area contributed by atoms with Gasteiger partial charge in [-0.05, 0) is 23.1 Å². The highest BCUT2D eigenvalue weighted by Gasteiger charge is 2.13. The van der Waals surface area contributed by atoms with Crippen LogP contribution < -0.4 is 0 Å². The summed E-state index contributed by atoms with van der Waals surface area (Å²) >= 11 is 0. The summed E-state index contributed by atoms with van der Waals surface area (Å²) in [5.41, 5.74) is -5.55. The van der Waals surface area contributed by atoms with Crippen LogP contribution in [0.1, 0.15) is 53.0 Å². The van der Waals surface area contributed by atoms with Gasteiger partial charge >= 0.3 is 5.97 Å². The Labute approximate surface area is 96.6 Å². The second-order valence-corrected chi connectivity index (χ2v) is 2.35. The second-order valence-electron chi connectivity index (χ2n) is 2.35. The van der Waals surface area contributed by atoms with Crippen molar-refractivity contribution in [3.05, 3.63) is 35.3 Å². The van der Waals surface area contributed by atoms with E-state index in [9.17, 15) is 4.79 Å². The van der Waals surface area contributed by atoms with Crippen LogP contribution in [0.15, 0.2) is 24.2 Å². The van der Waals surface area contributed by atoms with Gasteiger partial charge in [0.05, 0.1) is 11.0 Å². The molecule has 0 aliphatic heterocycles. The molecule has 0 aliphatic carbocycles. The van der Waals surface area contributed by atoms with Crippen molar-refractivity contribution in [2.75, 3.05) is 0 Å². The zero-order valence-corrected chi connectivity index (χ0v) is 6.39. The minimum Gasteiger partial charge on any atom is -0.478 e. The molecule has 0 aliphatic rings. The average molecular weight is 191 g/mol. The molecule has 2 nitrogen and oxygen atoms in total. The molecule has 0 spiro atoms. The van der Waals surface area contributed by atoms with Gasteiger partial charge in [0.1, 0.15) is 0 Å².